The lowest BCUT2D eigenvalue weighted by molar-refractivity contribution is 1.01. The summed E-state index contributed by atoms with van der Waals surface area (Å²) in [7, 11) is 0. The van der Waals surface area contributed by atoms with Gasteiger partial charge in [0.25, 0.3) is 10.9 Å². The van der Waals surface area contributed by atoms with E-state index in [1.54, 1.807) is 0 Å². The minimum Gasteiger partial charge on any atom is -0.374 e. The van der Waals surface area contributed by atoms with E-state index in [9.17, 15) is 9.59 Å². The summed E-state index contributed by atoms with van der Waals surface area (Å²) in [5.41, 5.74) is 5.78. The average Bonchev–Trinajstić information content (AvgIpc) is 2.90. The van der Waals surface area contributed by atoms with E-state index >= 15 is 0 Å². The maximum Gasteiger partial charge on any atom is 0.253 e. The molecule has 1 aromatic carbocycles. The third-order valence-electron chi connectivity index (χ3n) is 5.72. The summed E-state index contributed by atoms with van der Waals surface area (Å²) in [6, 6.07) is 22.8. The molecule has 0 bridgehead atoms. The molecule has 4 aromatic heterocycles. The van der Waals surface area contributed by atoms with Crippen LogP contribution in [0.3, 0.4) is 0 Å². The largest absolute Gasteiger partial charge is 0.374 e. The summed E-state index contributed by atoms with van der Waals surface area (Å²) >= 11 is 0. The van der Waals surface area contributed by atoms with Crippen LogP contribution in [-0.4, -0.2) is 19.9 Å². The average molecular weight is 477 g/mol. The molecule has 5 rings (SSSR count). The highest BCUT2D eigenvalue weighted by Gasteiger charge is 2.20. The Labute approximate surface area is 207 Å². The highest BCUT2D eigenvalue weighted by Crippen LogP contribution is 2.20. The third kappa shape index (κ3) is 4.88. The van der Waals surface area contributed by atoms with Crippen molar-refractivity contribution in [3.05, 3.63) is 116 Å². The summed E-state index contributed by atoms with van der Waals surface area (Å²) < 4.78 is 0. The molecule has 8 nitrogen and oxygen atoms in total. The van der Waals surface area contributed by atoms with Crippen LogP contribution >= 0.6 is 0 Å². The standard InChI is InChI=1S/C28H24N6O2/c1-17-7-3-11-21(31-17)23-13-5-9-19(33-23)15-29-25-26(28(36)27(25)35)30-16-20-10-6-14-24(34-20)22-12-4-8-18(2)32-22/h3-14,29-30H,15-16H2,1-2H3. The monoisotopic (exact) mass is 476 g/mol. The fraction of sp³-hybridized carbons (Fsp3) is 0.143. The van der Waals surface area contributed by atoms with E-state index in [0.29, 0.717) is 13.1 Å². The van der Waals surface area contributed by atoms with Gasteiger partial charge in [0, 0.05) is 11.4 Å². The number of anilines is 2. The number of hydrogen-bond acceptors (Lipinski definition) is 8. The molecule has 5 aromatic rings. The number of aromatic nitrogens is 4. The SMILES string of the molecule is Cc1cccc(-c2cccc(CNc3c(NCc4cccc(-c5cccc(C)n5)n4)c(=O)c3=O)n2)n1. The maximum absolute atomic E-state index is 12.2. The first-order chi connectivity index (χ1) is 17.5. The van der Waals surface area contributed by atoms with E-state index in [1.807, 2.05) is 86.6 Å². The summed E-state index contributed by atoms with van der Waals surface area (Å²) in [5, 5.41) is 6.14. The quantitative estimate of drug-likeness (QED) is 0.323. The highest BCUT2D eigenvalue weighted by molar-refractivity contribution is 5.74. The molecular formula is C28H24N6O2. The van der Waals surface area contributed by atoms with Gasteiger partial charge in [0.05, 0.1) is 47.3 Å². The number of nitrogens with zero attached hydrogens (tertiary/aromatic N) is 4. The van der Waals surface area contributed by atoms with Crippen LogP contribution in [0, 0.1) is 13.8 Å². The van der Waals surface area contributed by atoms with Gasteiger partial charge in [-0.15, -0.1) is 0 Å². The van der Waals surface area contributed by atoms with Gasteiger partial charge in [-0.25, -0.2) is 9.97 Å². The van der Waals surface area contributed by atoms with Crippen molar-refractivity contribution in [2.45, 2.75) is 26.9 Å². The summed E-state index contributed by atoms with van der Waals surface area (Å²) in [5.74, 6) is 0. The molecule has 4 heterocycles. The predicted octanol–water partition coefficient (Wildman–Crippen LogP) is 4.04. The Morgan fingerprint density at radius 3 is 1.28 bits per heavy atom. The second-order valence-corrected chi connectivity index (χ2v) is 8.47. The van der Waals surface area contributed by atoms with Gasteiger partial charge in [0.15, 0.2) is 0 Å². The van der Waals surface area contributed by atoms with Gasteiger partial charge in [-0.3, -0.25) is 19.6 Å². The molecule has 0 aliphatic carbocycles. The first kappa shape index (κ1) is 23.0. The van der Waals surface area contributed by atoms with Gasteiger partial charge in [-0.05, 0) is 62.4 Å². The summed E-state index contributed by atoms with van der Waals surface area (Å²) in [6.45, 7) is 4.46. The van der Waals surface area contributed by atoms with Crippen LogP contribution in [0.25, 0.3) is 22.8 Å². The van der Waals surface area contributed by atoms with Crippen molar-refractivity contribution in [3.8, 4) is 22.8 Å². The maximum atomic E-state index is 12.2. The molecule has 178 valence electrons. The molecule has 0 unspecified atom stereocenters. The van der Waals surface area contributed by atoms with Crippen LogP contribution in [-0.2, 0) is 13.1 Å². The third-order valence-corrected chi connectivity index (χ3v) is 5.72. The molecule has 0 saturated heterocycles. The molecule has 0 fully saturated rings. The lowest BCUT2D eigenvalue weighted by atomic mass is 10.1. The molecule has 0 saturated carbocycles. The molecule has 0 amide bonds. The fourth-order valence-electron chi connectivity index (χ4n) is 3.90. The normalized spacial score (nSPS) is 10.9. The number of nitrogens with one attached hydrogen (secondary N) is 2. The molecular weight excluding hydrogens is 452 g/mol. The van der Waals surface area contributed by atoms with Crippen LogP contribution in [0.5, 0.6) is 0 Å². The zero-order valence-electron chi connectivity index (χ0n) is 19.9. The van der Waals surface area contributed by atoms with Gasteiger partial charge in [0.1, 0.15) is 11.4 Å². The van der Waals surface area contributed by atoms with Crippen molar-refractivity contribution < 1.29 is 0 Å². The number of aryl methyl sites for hydroxylation is 2. The molecule has 36 heavy (non-hydrogen) atoms. The number of pyridine rings is 4. The van der Waals surface area contributed by atoms with E-state index < -0.39 is 10.9 Å². The van der Waals surface area contributed by atoms with E-state index in [-0.39, 0.29) is 11.4 Å². The molecule has 0 aliphatic rings. The molecule has 0 aliphatic heterocycles. The topological polar surface area (TPSA) is 110 Å². The van der Waals surface area contributed by atoms with Crippen LogP contribution in [0.15, 0.2) is 82.4 Å². The first-order valence-corrected chi connectivity index (χ1v) is 11.6. The van der Waals surface area contributed by atoms with Gasteiger partial charge in [-0.1, -0.05) is 24.3 Å². The van der Waals surface area contributed by atoms with Gasteiger partial charge in [-0.2, -0.15) is 0 Å². The molecule has 0 atom stereocenters. The Balaban J connectivity index is 1.27. The minimum absolute atomic E-state index is 0.261. The summed E-state index contributed by atoms with van der Waals surface area (Å²) in [6.07, 6.45) is 0. The smallest absolute Gasteiger partial charge is 0.253 e. The van der Waals surface area contributed by atoms with Gasteiger partial charge < -0.3 is 10.6 Å². The molecule has 8 heteroatoms. The van der Waals surface area contributed by atoms with Crippen molar-refractivity contribution in [1.82, 2.24) is 19.9 Å². The van der Waals surface area contributed by atoms with E-state index in [4.69, 9.17) is 0 Å². The van der Waals surface area contributed by atoms with Crippen molar-refractivity contribution in [2.24, 2.45) is 0 Å². The van der Waals surface area contributed by atoms with Gasteiger partial charge >= 0.3 is 0 Å². The minimum atomic E-state index is -0.542. The van der Waals surface area contributed by atoms with Crippen LogP contribution in [0.4, 0.5) is 11.4 Å². The zero-order chi connectivity index (χ0) is 25.1. The zero-order valence-corrected chi connectivity index (χ0v) is 19.9. The Morgan fingerprint density at radius 1 is 0.528 bits per heavy atom. The lowest BCUT2D eigenvalue weighted by Crippen LogP contribution is -2.37. The van der Waals surface area contributed by atoms with E-state index in [2.05, 4.69) is 30.6 Å². The van der Waals surface area contributed by atoms with Crippen molar-refractivity contribution in [1.29, 1.82) is 0 Å². The van der Waals surface area contributed by atoms with Crippen molar-refractivity contribution in [2.75, 3.05) is 10.6 Å². The van der Waals surface area contributed by atoms with Crippen LogP contribution in [0.2, 0.25) is 0 Å². The van der Waals surface area contributed by atoms with Gasteiger partial charge in [0.2, 0.25) is 0 Å². The van der Waals surface area contributed by atoms with E-state index in [1.165, 1.54) is 0 Å². The Bertz CT molecular complexity index is 1500. The number of hydrogen-bond donors (Lipinski definition) is 2. The van der Waals surface area contributed by atoms with Crippen molar-refractivity contribution in [3.63, 3.8) is 0 Å². The van der Waals surface area contributed by atoms with E-state index in [0.717, 1.165) is 45.6 Å². The molecule has 0 radical (unpaired) electrons. The number of rotatable bonds is 8. The first-order valence-electron chi connectivity index (χ1n) is 11.6. The van der Waals surface area contributed by atoms with Crippen LogP contribution in [0.1, 0.15) is 22.8 Å². The Kier molecular flexibility index (Phi) is 6.32. The fourth-order valence-corrected chi connectivity index (χ4v) is 3.90. The molecule has 0 spiro atoms. The Morgan fingerprint density at radius 2 is 0.889 bits per heavy atom. The Hall–Kier alpha value is -4.72. The van der Waals surface area contributed by atoms with Crippen molar-refractivity contribution >= 4 is 11.4 Å². The predicted molar refractivity (Wildman–Crippen MR) is 140 cm³/mol. The second-order valence-electron chi connectivity index (χ2n) is 8.47. The lowest BCUT2D eigenvalue weighted by Gasteiger charge is -2.15. The van der Waals surface area contributed by atoms with Crippen LogP contribution < -0.4 is 21.5 Å². The molecule has 2 N–H and O–H groups in total. The summed E-state index contributed by atoms with van der Waals surface area (Å²) in [4.78, 5) is 42.8. The highest BCUT2D eigenvalue weighted by atomic mass is 16.2. The second kappa shape index (κ2) is 9.87.